The van der Waals surface area contributed by atoms with Gasteiger partial charge in [0.05, 0.1) is 4.92 Å². The molecular formula is C12H18N6O2. The summed E-state index contributed by atoms with van der Waals surface area (Å²) in [6, 6.07) is 0.466. The monoisotopic (exact) mass is 278 g/mol. The number of likely N-dealkylation sites (tertiary alicyclic amines) is 1. The molecule has 108 valence electrons. The Kier molecular flexibility index (Phi) is 3.39. The first-order valence-corrected chi connectivity index (χ1v) is 6.90. The molecule has 1 atom stereocenters. The van der Waals surface area contributed by atoms with E-state index in [2.05, 4.69) is 14.9 Å². The second-order valence-corrected chi connectivity index (χ2v) is 5.32. The van der Waals surface area contributed by atoms with Crippen LogP contribution in [0.3, 0.4) is 0 Å². The van der Waals surface area contributed by atoms with Gasteiger partial charge in [-0.3, -0.25) is 15.0 Å². The molecule has 0 bridgehead atoms. The molecule has 0 spiro atoms. The van der Waals surface area contributed by atoms with E-state index in [-0.39, 0.29) is 11.5 Å². The molecule has 2 N–H and O–H groups in total. The Hall–Kier alpha value is -1.96. The summed E-state index contributed by atoms with van der Waals surface area (Å²) in [7, 11) is 0. The first kappa shape index (κ1) is 13.0. The van der Waals surface area contributed by atoms with Crippen molar-refractivity contribution in [3.63, 3.8) is 0 Å². The van der Waals surface area contributed by atoms with Gasteiger partial charge < -0.3 is 10.6 Å². The van der Waals surface area contributed by atoms with Crippen molar-refractivity contribution in [2.75, 3.05) is 36.8 Å². The Balaban J connectivity index is 1.80. The predicted octanol–water partition coefficient (Wildman–Crippen LogP) is 0.641. The van der Waals surface area contributed by atoms with Gasteiger partial charge in [-0.2, -0.15) is 0 Å². The first-order chi connectivity index (χ1) is 9.66. The minimum absolute atomic E-state index is 0.0652. The minimum Gasteiger partial charge on any atom is -0.378 e. The molecule has 3 rings (SSSR count). The van der Waals surface area contributed by atoms with Crippen LogP contribution in [0, 0.1) is 10.1 Å². The van der Waals surface area contributed by atoms with Crippen molar-refractivity contribution in [2.24, 2.45) is 0 Å². The van der Waals surface area contributed by atoms with Crippen LogP contribution in [0.15, 0.2) is 6.33 Å². The molecule has 0 saturated carbocycles. The fourth-order valence-electron chi connectivity index (χ4n) is 3.13. The molecular weight excluding hydrogens is 260 g/mol. The summed E-state index contributed by atoms with van der Waals surface area (Å²) >= 11 is 0. The van der Waals surface area contributed by atoms with Gasteiger partial charge in [0.1, 0.15) is 6.33 Å². The van der Waals surface area contributed by atoms with Gasteiger partial charge in [-0.05, 0) is 32.4 Å². The lowest BCUT2D eigenvalue weighted by Crippen LogP contribution is -2.35. The molecule has 2 aliphatic heterocycles. The molecule has 8 heteroatoms. The summed E-state index contributed by atoms with van der Waals surface area (Å²) in [6.07, 6.45) is 4.80. The molecule has 1 unspecified atom stereocenters. The van der Waals surface area contributed by atoms with E-state index in [4.69, 9.17) is 5.73 Å². The van der Waals surface area contributed by atoms with E-state index in [9.17, 15) is 10.1 Å². The first-order valence-electron chi connectivity index (χ1n) is 6.90. The largest absolute Gasteiger partial charge is 0.378 e. The second-order valence-electron chi connectivity index (χ2n) is 5.32. The highest BCUT2D eigenvalue weighted by atomic mass is 16.6. The van der Waals surface area contributed by atoms with Gasteiger partial charge >= 0.3 is 5.69 Å². The molecule has 3 heterocycles. The van der Waals surface area contributed by atoms with Crippen LogP contribution in [-0.4, -0.2) is 52.0 Å². The van der Waals surface area contributed by atoms with Crippen LogP contribution >= 0.6 is 0 Å². The minimum atomic E-state index is -0.492. The van der Waals surface area contributed by atoms with Gasteiger partial charge in [0.2, 0.25) is 11.6 Å². The van der Waals surface area contributed by atoms with Crippen LogP contribution in [0.1, 0.15) is 19.3 Å². The summed E-state index contributed by atoms with van der Waals surface area (Å²) in [5, 5.41) is 11.1. The lowest BCUT2D eigenvalue weighted by Gasteiger charge is -2.23. The molecule has 20 heavy (non-hydrogen) atoms. The number of aromatic nitrogens is 2. The summed E-state index contributed by atoms with van der Waals surface area (Å²) in [5.74, 6) is 0.286. The van der Waals surface area contributed by atoms with Gasteiger partial charge in [-0.25, -0.2) is 9.97 Å². The highest BCUT2D eigenvalue weighted by Crippen LogP contribution is 2.33. The molecule has 0 aliphatic carbocycles. The number of hydrogen-bond acceptors (Lipinski definition) is 7. The molecule has 2 aliphatic rings. The molecule has 8 nitrogen and oxygen atoms in total. The molecule has 2 fully saturated rings. The Morgan fingerprint density at radius 2 is 2.05 bits per heavy atom. The SMILES string of the molecule is Nc1ncnc(N2CCC(N3CCCC3)C2)c1[N+](=O)[O-]. The molecule has 1 aromatic rings. The van der Waals surface area contributed by atoms with E-state index in [0.717, 1.165) is 32.6 Å². The Morgan fingerprint density at radius 1 is 1.30 bits per heavy atom. The number of hydrogen-bond donors (Lipinski definition) is 1. The van der Waals surface area contributed by atoms with Crippen LogP contribution in [0.5, 0.6) is 0 Å². The fourth-order valence-corrected chi connectivity index (χ4v) is 3.13. The van der Waals surface area contributed by atoms with Crippen molar-refractivity contribution in [1.82, 2.24) is 14.9 Å². The summed E-state index contributed by atoms with van der Waals surface area (Å²) in [6.45, 7) is 3.81. The zero-order valence-electron chi connectivity index (χ0n) is 11.2. The van der Waals surface area contributed by atoms with E-state index < -0.39 is 4.92 Å². The van der Waals surface area contributed by atoms with Crippen LogP contribution in [0.2, 0.25) is 0 Å². The Labute approximate surface area is 116 Å². The molecule has 2 saturated heterocycles. The fraction of sp³-hybridized carbons (Fsp3) is 0.667. The van der Waals surface area contributed by atoms with Gasteiger partial charge in [-0.15, -0.1) is 0 Å². The summed E-state index contributed by atoms with van der Waals surface area (Å²) in [4.78, 5) is 22.9. The van der Waals surface area contributed by atoms with E-state index in [0.29, 0.717) is 11.9 Å². The number of nitro groups is 1. The van der Waals surface area contributed by atoms with Gasteiger partial charge in [-0.1, -0.05) is 0 Å². The quantitative estimate of drug-likeness (QED) is 0.639. The predicted molar refractivity (Wildman–Crippen MR) is 74.5 cm³/mol. The maximum Gasteiger partial charge on any atom is 0.353 e. The Bertz CT molecular complexity index is 517. The third-order valence-corrected chi connectivity index (χ3v) is 4.13. The van der Waals surface area contributed by atoms with Crippen LogP contribution in [-0.2, 0) is 0 Å². The zero-order valence-corrected chi connectivity index (χ0v) is 11.2. The maximum absolute atomic E-state index is 11.1. The van der Waals surface area contributed by atoms with Crippen molar-refractivity contribution in [3.8, 4) is 0 Å². The Morgan fingerprint density at radius 3 is 2.75 bits per heavy atom. The molecule has 0 aromatic carbocycles. The number of anilines is 2. The van der Waals surface area contributed by atoms with Crippen LogP contribution < -0.4 is 10.6 Å². The van der Waals surface area contributed by atoms with Gasteiger partial charge in [0, 0.05) is 19.1 Å². The standard InChI is InChI=1S/C12H18N6O2/c13-11-10(18(19)20)12(15-8-14-11)17-6-3-9(7-17)16-4-1-2-5-16/h8-9H,1-7H2,(H2,13,14,15). The number of nitrogen functional groups attached to an aromatic ring is 1. The highest BCUT2D eigenvalue weighted by molar-refractivity contribution is 5.68. The van der Waals surface area contributed by atoms with Crippen molar-refractivity contribution >= 4 is 17.3 Å². The highest BCUT2D eigenvalue weighted by Gasteiger charge is 2.34. The van der Waals surface area contributed by atoms with Crippen molar-refractivity contribution < 1.29 is 4.92 Å². The normalized spacial score (nSPS) is 23.4. The lowest BCUT2D eigenvalue weighted by atomic mass is 10.2. The average molecular weight is 278 g/mol. The van der Waals surface area contributed by atoms with E-state index in [1.54, 1.807) is 0 Å². The number of rotatable bonds is 3. The summed E-state index contributed by atoms with van der Waals surface area (Å²) < 4.78 is 0. The van der Waals surface area contributed by atoms with E-state index in [1.165, 1.54) is 19.2 Å². The zero-order chi connectivity index (χ0) is 14.1. The van der Waals surface area contributed by atoms with E-state index >= 15 is 0 Å². The maximum atomic E-state index is 11.1. The third-order valence-electron chi connectivity index (χ3n) is 4.13. The molecule has 0 amide bonds. The lowest BCUT2D eigenvalue weighted by molar-refractivity contribution is -0.383. The van der Waals surface area contributed by atoms with Gasteiger partial charge in [0.15, 0.2) is 0 Å². The molecule has 0 radical (unpaired) electrons. The number of nitrogens with two attached hydrogens (primary N) is 1. The van der Waals surface area contributed by atoms with Crippen LogP contribution in [0.25, 0.3) is 0 Å². The van der Waals surface area contributed by atoms with Crippen molar-refractivity contribution in [3.05, 3.63) is 16.4 Å². The number of nitrogens with zero attached hydrogens (tertiary/aromatic N) is 5. The smallest absolute Gasteiger partial charge is 0.353 e. The average Bonchev–Trinajstić information content (AvgIpc) is 3.09. The summed E-state index contributed by atoms with van der Waals surface area (Å²) in [5.41, 5.74) is 5.45. The van der Waals surface area contributed by atoms with Crippen molar-refractivity contribution in [2.45, 2.75) is 25.3 Å². The molecule has 1 aromatic heterocycles. The van der Waals surface area contributed by atoms with Crippen LogP contribution in [0.4, 0.5) is 17.3 Å². The van der Waals surface area contributed by atoms with Gasteiger partial charge in [0.25, 0.3) is 0 Å². The topological polar surface area (TPSA) is 101 Å². The second kappa shape index (κ2) is 5.20. The van der Waals surface area contributed by atoms with E-state index in [1.807, 2.05) is 4.90 Å². The van der Waals surface area contributed by atoms with Crippen molar-refractivity contribution in [1.29, 1.82) is 0 Å². The third kappa shape index (κ3) is 2.26.